The maximum Gasteiger partial charge on any atom is 0.128 e. The normalized spacial score (nSPS) is 26.1. The summed E-state index contributed by atoms with van der Waals surface area (Å²) in [5.41, 5.74) is 1.34. The first-order valence-corrected chi connectivity index (χ1v) is 8.40. The van der Waals surface area contributed by atoms with Crippen LogP contribution in [-0.2, 0) is 6.54 Å². The molecule has 0 saturated carbocycles. The summed E-state index contributed by atoms with van der Waals surface area (Å²) in [7, 11) is 2.30. The van der Waals surface area contributed by atoms with E-state index in [9.17, 15) is 0 Å². The van der Waals surface area contributed by atoms with Gasteiger partial charge in [0.15, 0.2) is 0 Å². The number of pyridine rings is 1. The third kappa shape index (κ3) is 3.38. The van der Waals surface area contributed by atoms with Crippen LogP contribution < -0.4 is 10.2 Å². The van der Waals surface area contributed by atoms with Gasteiger partial charge in [-0.3, -0.25) is 4.90 Å². The van der Waals surface area contributed by atoms with Gasteiger partial charge in [0, 0.05) is 37.9 Å². The van der Waals surface area contributed by atoms with E-state index in [1.54, 1.807) is 0 Å². The zero-order valence-corrected chi connectivity index (χ0v) is 13.4. The number of hydrogen-bond donors (Lipinski definition) is 1. The number of nitrogens with zero attached hydrogens (tertiary/aromatic N) is 3. The Morgan fingerprint density at radius 3 is 3.00 bits per heavy atom. The Hall–Kier alpha value is -1.13. The summed E-state index contributed by atoms with van der Waals surface area (Å²) in [4.78, 5) is 9.70. The number of fused-ring (bicyclic) bond motifs is 2. The largest absolute Gasteiger partial charge is 0.355 e. The molecule has 2 aliphatic rings. The maximum absolute atomic E-state index is 4.62. The van der Waals surface area contributed by atoms with Crippen molar-refractivity contribution in [1.82, 2.24) is 15.2 Å². The van der Waals surface area contributed by atoms with Gasteiger partial charge in [-0.2, -0.15) is 0 Å². The monoisotopic (exact) mass is 288 g/mol. The number of nitrogens with one attached hydrogen (secondary N) is 1. The molecule has 1 aromatic heterocycles. The topological polar surface area (TPSA) is 31.4 Å². The van der Waals surface area contributed by atoms with E-state index in [0.717, 1.165) is 38.0 Å². The quantitative estimate of drug-likeness (QED) is 0.842. The van der Waals surface area contributed by atoms with Crippen molar-refractivity contribution < 1.29 is 0 Å². The molecule has 2 saturated heterocycles. The lowest BCUT2D eigenvalue weighted by Crippen LogP contribution is -2.37. The molecule has 2 aliphatic heterocycles. The Labute approximate surface area is 128 Å². The van der Waals surface area contributed by atoms with Crippen LogP contribution in [0.25, 0.3) is 0 Å². The van der Waals surface area contributed by atoms with Crippen molar-refractivity contribution in [2.45, 2.75) is 51.2 Å². The van der Waals surface area contributed by atoms with E-state index in [1.807, 2.05) is 6.20 Å². The molecule has 0 aliphatic carbocycles. The van der Waals surface area contributed by atoms with Crippen LogP contribution in [0, 0.1) is 0 Å². The maximum atomic E-state index is 4.62. The molecule has 4 nitrogen and oxygen atoms in total. The van der Waals surface area contributed by atoms with Crippen molar-refractivity contribution in [3.8, 4) is 0 Å². The summed E-state index contributed by atoms with van der Waals surface area (Å²) < 4.78 is 0. The molecule has 2 fully saturated rings. The summed E-state index contributed by atoms with van der Waals surface area (Å²) in [6.07, 6.45) is 7.14. The lowest BCUT2D eigenvalue weighted by Gasteiger charge is -2.27. The smallest absolute Gasteiger partial charge is 0.128 e. The Morgan fingerprint density at radius 1 is 1.29 bits per heavy atom. The predicted molar refractivity (Wildman–Crippen MR) is 87.6 cm³/mol. The van der Waals surface area contributed by atoms with Gasteiger partial charge in [0.1, 0.15) is 5.82 Å². The van der Waals surface area contributed by atoms with Gasteiger partial charge < -0.3 is 10.2 Å². The minimum Gasteiger partial charge on any atom is -0.355 e. The Balaban J connectivity index is 1.67. The molecule has 0 spiro atoms. The van der Waals surface area contributed by atoms with Crippen LogP contribution >= 0.6 is 0 Å². The molecule has 2 bridgehead atoms. The van der Waals surface area contributed by atoms with E-state index in [2.05, 4.69) is 46.2 Å². The van der Waals surface area contributed by atoms with Gasteiger partial charge in [-0.1, -0.05) is 6.92 Å². The average Bonchev–Trinajstić information content (AvgIpc) is 2.73. The van der Waals surface area contributed by atoms with E-state index in [1.165, 1.54) is 31.2 Å². The lowest BCUT2D eigenvalue weighted by molar-refractivity contribution is 0.254. The first-order chi connectivity index (χ1) is 10.3. The molecule has 0 amide bonds. The van der Waals surface area contributed by atoms with Gasteiger partial charge in [-0.15, -0.1) is 0 Å². The highest BCUT2D eigenvalue weighted by Gasteiger charge is 2.34. The zero-order valence-electron chi connectivity index (χ0n) is 13.4. The molecule has 0 radical (unpaired) electrons. The van der Waals surface area contributed by atoms with E-state index >= 15 is 0 Å². The second-order valence-corrected chi connectivity index (χ2v) is 6.48. The van der Waals surface area contributed by atoms with Crippen LogP contribution in [-0.4, -0.2) is 48.6 Å². The summed E-state index contributed by atoms with van der Waals surface area (Å²) >= 11 is 0. The Kier molecular flexibility index (Phi) is 4.76. The van der Waals surface area contributed by atoms with Crippen LogP contribution in [0.2, 0.25) is 0 Å². The molecular weight excluding hydrogens is 260 g/mol. The fourth-order valence-electron chi connectivity index (χ4n) is 3.67. The summed E-state index contributed by atoms with van der Waals surface area (Å²) in [5, 5.41) is 3.47. The zero-order chi connectivity index (χ0) is 14.7. The van der Waals surface area contributed by atoms with Gasteiger partial charge in [0.05, 0.1) is 0 Å². The fourth-order valence-corrected chi connectivity index (χ4v) is 3.67. The molecule has 1 aromatic rings. The molecule has 2 atom stereocenters. The minimum absolute atomic E-state index is 0.709. The fraction of sp³-hybridized carbons (Fsp3) is 0.706. The van der Waals surface area contributed by atoms with E-state index in [0.29, 0.717) is 6.04 Å². The molecule has 1 N–H and O–H groups in total. The summed E-state index contributed by atoms with van der Waals surface area (Å²) in [5.74, 6) is 1.16. The highest BCUT2D eigenvalue weighted by atomic mass is 15.3. The number of likely N-dealkylation sites (N-methyl/N-ethyl adjacent to an activating group) is 1. The van der Waals surface area contributed by atoms with Crippen LogP contribution in [0.1, 0.15) is 38.2 Å². The lowest BCUT2D eigenvalue weighted by atomic mass is 10.1. The second kappa shape index (κ2) is 6.75. The number of hydrogen-bond acceptors (Lipinski definition) is 4. The average molecular weight is 288 g/mol. The van der Waals surface area contributed by atoms with Crippen molar-refractivity contribution in [2.24, 2.45) is 0 Å². The third-order valence-corrected chi connectivity index (χ3v) is 5.04. The van der Waals surface area contributed by atoms with Crippen LogP contribution in [0.3, 0.4) is 0 Å². The molecule has 3 heterocycles. The van der Waals surface area contributed by atoms with Crippen molar-refractivity contribution >= 4 is 5.82 Å². The minimum atomic E-state index is 0.709. The number of rotatable bonds is 5. The summed E-state index contributed by atoms with van der Waals surface area (Å²) in [6, 6.07) is 5.89. The van der Waals surface area contributed by atoms with Crippen LogP contribution in [0.4, 0.5) is 5.82 Å². The SMILES string of the molecule is CCCNCc1ccnc(N2CCC3CCC(C2)N3C)c1. The first-order valence-electron chi connectivity index (χ1n) is 8.40. The van der Waals surface area contributed by atoms with Gasteiger partial charge in [0.25, 0.3) is 0 Å². The Morgan fingerprint density at radius 2 is 2.14 bits per heavy atom. The second-order valence-electron chi connectivity index (χ2n) is 6.48. The van der Waals surface area contributed by atoms with Crippen LogP contribution in [0.15, 0.2) is 18.3 Å². The predicted octanol–water partition coefficient (Wildman–Crippen LogP) is 2.25. The molecule has 21 heavy (non-hydrogen) atoms. The Bertz CT molecular complexity index is 462. The highest BCUT2D eigenvalue weighted by Crippen LogP contribution is 2.30. The van der Waals surface area contributed by atoms with Gasteiger partial charge in [0.2, 0.25) is 0 Å². The number of aromatic nitrogens is 1. The molecular formula is C17H28N4. The highest BCUT2D eigenvalue weighted by molar-refractivity contribution is 5.41. The molecule has 3 rings (SSSR count). The summed E-state index contributed by atoms with van der Waals surface area (Å²) in [6.45, 7) is 6.50. The standard InChI is InChI=1S/C17H28N4/c1-3-8-18-12-14-6-9-19-17(11-14)21-10-7-15-4-5-16(13-21)20(15)2/h6,9,11,15-16,18H,3-5,7-8,10,12-13H2,1-2H3. The van der Waals surface area contributed by atoms with E-state index in [4.69, 9.17) is 0 Å². The number of anilines is 1. The van der Waals surface area contributed by atoms with E-state index in [-0.39, 0.29) is 0 Å². The molecule has 0 aromatic carbocycles. The van der Waals surface area contributed by atoms with Gasteiger partial charge in [-0.25, -0.2) is 4.98 Å². The molecule has 4 heteroatoms. The van der Waals surface area contributed by atoms with Gasteiger partial charge in [-0.05, 0) is 57.0 Å². The van der Waals surface area contributed by atoms with Crippen molar-refractivity contribution in [3.63, 3.8) is 0 Å². The van der Waals surface area contributed by atoms with Crippen molar-refractivity contribution in [2.75, 3.05) is 31.6 Å². The first kappa shape index (κ1) is 14.8. The third-order valence-electron chi connectivity index (χ3n) is 5.04. The van der Waals surface area contributed by atoms with Crippen LogP contribution in [0.5, 0.6) is 0 Å². The van der Waals surface area contributed by atoms with Gasteiger partial charge >= 0.3 is 0 Å². The molecule has 116 valence electrons. The van der Waals surface area contributed by atoms with Crippen molar-refractivity contribution in [3.05, 3.63) is 23.9 Å². The molecule has 2 unspecified atom stereocenters. The van der Waals surface area contributed by atoms with E-state index < -0.39 is 0 Å². The van der Waals surface area contributed by atoms with Crippen molar-refractivity contribution in [1.29, 1.82) is 0 Å².